The van der Waals surface area contributed by atoms with E-state index in [1.54, 1.807) is 10.7 Å². The van der Waals surface area contributed by atoms with E-state index in [9.17, 15) is 0 Å². The zero-order chi connectivity index (χ0) is 11.3. The van der Waals surface area contributed by atoms with Crippen molar-refractivity contribution >= 4 is 23.1 Å². The third-order valence-corrected chi connectivity index (χ3v) is 3.41. The average Bonchev–Trinajstić information content (AvgIpc) is 2.51. The van der Waals surface area contributed by atoms with Crippen LogP contribution in [0.15, 0.2) is 6.20 Å². The van der Waals surface area contributed by atoms with Crippen molar-refractivity contribution in [2.45, 2.75) is 25.7 Å². The van der Waals surface area contributed by atoms with Gasteiger partial charge in [-0.15, -0.1) is 5.10 Å². The van der Waals surface area contributed by atoms with Crippen LogP contribution in [0.4, 0.5) is 5.95 Å². The molecule has 0 aromatic carbocycles. The van der Waals surface area contributed by atoms with Gasteiger partial charge in [-0.25, -0.2) is 14.5 Å². The lowest BCUT2D eigenvalue weighted by Crippen LogP contribution is -2.21. The zero-order valence-corrected chi connectivity index (χ0v) is 9.65. The Hall–Kier alpha value is -1.36. The molecule has 3 rings (SSSR count). The molecule has 0 radical (unpaired) electrons. The third kappa shape index (κ3) is 1.35. The van der Waals surface area contributed by atoms with Crippen molar-refractivity contribution in [1.82, 2.24) is 19.6 Å². The highest BCUT2D eigenvalue weighted by Gasteiger charge is 2.31. The second-order valence-electron chi connectivity index (χ2n) is 4.45. The monoisotopic (exact) mass is 237 g/mol. The molecule has 0 atom stereocenters. The summed E-state index contributed by atoms with van der Waals surface area (Å²) in [5.41, 5.74) is 6.30. The predicted molar refractivity (Wildman–Crippen MR) is 61.3 cm³/mol. The van der Waals surface area contributed by atoms with Crippen LogP contribution in [0.5, 0.6) is 0 Å². The lowest BCUT2D eigenvalue weighted by atomic mass is 9.76. The largest absolute Gasteiger partial charge is 0.367 e. The van der Waals surface area contributed by atoms with E-state index < -0.39 is 0 Å². The van der Waals surface area contributed by atoms with Gasteiger partial charge in [0.2, 0.25) is 5.95 Å². The molecule has 16 heavy (non-hydrogen) atoms. The van der Waals surface area contributed by atoms with Gasteiger partial charge in [-0.05, 0) is 18.8 Å². The van der Waals surface area contributed by atoms with E-state index in [-0.39, 0.29) is 5.95 Å². The Balaban J connectivity index is 2.13. The fraction of sp³-hybridized carbons (Fsp3) is 0.500. The summed E-state index contributed by atoms with van der Waals surface area (Å²) in [7, 11) is 0. The van der Waals surface area contributed by atoms with Crippen LogP contribution in [0.2, 0.25) is 5.15 Å². The van der Waals surface area contributed by atoms with Crippen molar-refractivity contribution in [2.24, 2.45) is 5.92 Å². The SMILES string of the molecule is CC1CC(c2nc(Cl)c3cnc(N)nn23)C1. The van der Waals surface area contributed by atoms with Gasteiger partial charge in [-0.2, -0.15) is 0 Å². The summed E-state index contributed by atoms with van der Waals surface area (Å²) in [6, 6.07) is 0. The molecule has 2 aromatic rings. The second kappa shape index (κ2) is 3.31. The number of halogens is 1. The quantitative estimate of drug-likeness (QED) is 0.822. The molecule has 0 saturated heterocycles. The molecular weight excluding hydrogens is 226 g/mol. The summed E-state index contributed by atoms with van der Waals surface area (Å²) in [6.07, 6.45) is 3.89. The second-order valence-corrected chi connectivity index (χ2v) is 4.81. The first-order chi connectivity index (χ1) is 7.65. The lowest BCUT2D eigenvalue weighted by molar-refractivity contribution is 0.275. The number of aromatic nitrogens is 4. The number of anilines is 1. The molecule has 84 valence electrons. The molecule has 1 aliphatic carbocycles. The highest BCUT2D eigenvalue weighted by molar-refractivity contribution is 6.32. The van der Waals surface area contributed by atoms with Crippen LogP contribution in [0.1, 0.15) is 31.5 Å². The first-order valence-electron chi connectivity index (χ1n) is 5.32. The predicted octanol–water partition coefficient (Wildman–Crippen LogP) is 1.87. The van der Waals surface area contributed by atoms with Gasteiger partial charge in [-0.1, -0.05) is 18.5 Å². The maximum absolute atomic E-state index is 6.04. The van der Waals surface area contributed by atoms with Crippen molar-refractivity contribution in [1.29, 1.82) is 0 Å². The van der Waals surface area contributed by atoms with Crippen molar-refractivity contribution in [3.05, 3.63) is 17.2 Å². The van der Waals surface area contributed by atoms with E-state index in [2.05, 4.69) is 22.0 Å². The van der Waals surface area contributed by atoms with Gasteiger partial charge in [0.25, 0.3) is 0 Å². The number of nitrogen functional groups attached to an aromatic ring is 1. The van der Waals surface area contributed by atoms with Crippen LogP contribution in [-0.4, -0.2) is 19.6 Å². The van der Waals surface area contributed by atoms with Gasteiger partial charge in [-0.3, -0.25) is 0 Å². The summed E-state index contributed by atoms with van der Waals surface area (Å²) >= 11 is 6.04. The number of fused-ring (bicyclic) bond motifs is 1. The van der Waals surface area contributed by atoms with E-state index >= 15 is 0 Å². The smallest absolute Gasteiger partial charge is 0.238 e. The zero-order valence-electron chi connectivity index (χ0n) is 8.89. The van der Waals surface area contributed by atoms with Crippen molar-refractivity contribution in [3.63, 3.8) is 0 Å². The molecule has 2 N–H and O–H groups in total. The molecule has 5 nitrogen and oxygen atoms in total. The van der Waals surface area contributed by atoms with Crippen LogP contribution in [-0.2, 0) is 0 Å². The highest BCUT2D eigenvalue weighted by atomic mass is 35.5. The van der Waals surface area contributed by atoms with Gasteiger partial charge in [0.15, 0.2) is 5.15 Å². The Labute approximate surface area is 97.6 Å². The van der Waals surface area contributed by atoms with Crippen LogP contribution in [0, 0.1) is 5.92 Å². The fourth-order valence-electron chi connectivity index (χ4n) is 2.26. The van der Waals surface area contributed by atoms with Gasteiger partial charge < -0.3 is 5.73 Å². The van der Waals surface area contributed by atoms with E-state index in [0.29, 0.717) is 11.1 Å². The molecular formula is C10H12ClN5. The Bertz CT molecular complexity index is 543. The molecule has 0 bridgehead atoms. The minimum atomic E-state index is 0.246. The summed E-state index contributed by atoms with van der Waals surface area (Å²) in [4.78, 5) is 8.28. The molecule has 2 aromatic heterocycles. The van der Waals surface area contributed by atoms with E-state index in [1.165, 1.54) is 0 Å². The van der Waals surface area contributed by atoms with E-state index in [0.717, 1.165) is 30.1 Å². The molecule has 1 fully saturated rings. The summed E-state index contributed by atoms with van der Waals surface area (Å²) in [5.74, 6) is 2.36. The number of nitrogens with two attached hydrogens (primary N) is 1. The molecule has 1 aliphatic rings. The fourth-order valence-corrected chi connectivity index (χ4v) is 2.48. The van der Waals surface area contributed by atoms with Crippen LogP contribution in [0.3, 0.4) is 0 Å². The molecule has 2 heterocycles. The molecule has 0 amide bonds. The maximum Gasteiger partial charge on any atom is 0.238 e. The third-order valence-electron chi connectivity index (χ3n) is 3.13. The molecule has 0 spiro atoms. The lowest BCUT2D eigenvalue weighted by Gasteiger charge is -2.31. The number of nitrogens with zero attached hydrogens (tertiary/aromatic N) is 4. The minimum absolute atomic E-state index is 0.246. The number of rotatable bonds is 1. The van der Waals surface area contributed by atoms with Crippen LogP contribution >= 0.6 is 11.6 Å². The summed E-state index contributed by atoms with van der Waals surface area (Å²) in [6.45, 7) is 2.23. The summed E-state index contributed by atoms with van der Waals surface area (Å²) < 4.78 is 1.72. The molecule has 6 heteroatoms. The number of hydrogen-bond donors (Lipinski definition) is 1. The van der Waals surface area contributed by atoms with Gasteiger partial charge in [0.1, 0.15) is 11.3 Å². The van der Waals surface area contributed by atoms with Crippen molar-refractivity contribution in [2.75, 3.05) is 5.73 Å². The maximum atomic E-state index is 6.04. The van der Waals surface area contributed by atoms with Crippen molar-refractivity contribution < 1.29 is 0 Å². The Morgan fingerprint density at radius 1 is 1.50 bits per heavy atom. The first-order valence-corrected chi connectivity index (χ1v) is 5.69. The minimum Gasteiger partial charge on any atom is -0.367 e. The number of imidazole rings is 1. The van der Waals surface area contributed by atoms with Crippen LogP contribution < -0.4 is 5.73 Å². The van der Waals surface area contributed by atoms with Crippen LogP contribution in [0.25, 0.3) is 5.52 Å². The average molecular weight is 238 g/mol. The Kier molecular flexibility index (Phi) is 2.04. The van der Waals surface area contributed by atoms with E-state index in [4.69, 9.17) is 17.3 Å². The topological polar surface area (TPSA) is 69.1 Å². The highest BCUT2D eigenvalue weighted by Crippen LogP contribution is 2.41. The first kappa shape index (κ1) is 9.84. The Morgan fingerprint density at radius 2 is 2.25 bits per heavy atom. The van der Waals surface area contributed by atoms with E-state index in [1.807, 2.05) is 0 Å². The van der Waals surface area contributed by atoms with Gasteiger partial charge in [0.05, 0.1) is 6.20 Å². The molecule has 1 saturated carbocycles. The Morgan fingerprint density at radius 3 is 2.94 bits per heavy atom. The molecule has 0 aliphatic heterocycles. The summed E-state index contributed by atoms with van der Waals surface area (Å²) in [5, 5.41) is 4.61. The molecule has 0 unspecified atom stereocenters. The standard InChI is InChI=1S/C10H12ClN5/c1-5-2-6(3-5)9-14-8(11)7-4-13-10(12)15-16(7)9/h4-6H,2-3H2,1H3,(H2,12,15). The van der Waals surface area contributed by atoms with Gasteiger partial charge in [0, 0.05) is 5.92 Å². The number of hydrogen-bond acceptors (Lipinski definition) is 4. The van der Waals surface area contributed by atoms with Gasteiger partial charge >= 0.3 is 0 Å². The van der Waals surface area contributed by atoms with Crippen molar-refractivity contribution in [3.8, 4) is 0 Å². The normalized spacial score (nSPS) is 24.6.